The molecule has 0 aliphatic heterocycles. The molecular weight excluding hydrogens is 324 g/mol. The van der Waals surface area contributed by atoms with Crippen LogP contribution in [0.5, 0.6) is 5.75 Å². The summed E-state index contributed by atoms with van der Waals surface area (Å²) in [6.45, 7) is 3.04. The molecule has 0 atom stereocenters. The second-order valence-electron chi connectivity index (χ2n) is 6.19. The van der Waals surface area contributed by atoms with E-state index in [-0.39, 0.29) is 12.5 Å². The molecule has 0 aromatic heterocycles. The van der Waals surface area contributed by atoms with Gasteiger partial charge in [-0.05, 0) is 41.5 Å². The first kappa shape index (κ1) is 17.8. The molecule has 0 saturated carbocycles. The van der Waals surface area contributed by atoms with E-state index in [9.17, 15) is 4.79 Å². The van der Waals surface area contributed by atoms with Crippen molar-refractivity contribution in [2.45, 2.75) is 19.8 Å². The van der Waals surface area contributed by atoms with Crippen LogP contribution in [0.15, 0.2) is 66.7 Å². The van der Waals surface area contributed by atoms with Crippen LogP contribution in [-0.4, -0.2) is 19.1 Å². The Kier molecular flexibility index (Phi) is 6.09. The molecule has 0 radical (unpaired) electrons. The molecule has 134 valence electrons. The maximum absolute atomic E-state index is 12.2. The van der Waals surface area contributed by atoms with E-state index in [1.54, 1.807) is 0 Å². The fourth-order valence-corrected chi connectivity index (χ4v) is 2.68. The second kappa shape index (κ2) is 8.90. The largest absolute Gasteiger partial charge is 0.494 e. The Morgan fingerprint density at radius 2 is 1.77 bits per heavy atom. The molecule has 0 saturated heterocycles. The first-order valence-electron chi connectivity index (χ1n) is 9.00. The molecule has 3 aromatic carbocycles. The third-order valence-electron chi connectivity index (χ3n) is 4.09. The van der Waals surface area contributed by atoms with Gasteiger partial charge in [0.2, 0.25) is 5.91 Å². The molecule has 2 N–H and O–H groups in total. The molecule has 3 rings (SSSR count). The summed E-state index contributed by atoms with van der Waals surface area (Å²) >= 11 is 0. The number of fused-ring (bicyclic) bond motifs is 1. The van der Waals surface area contributed by atoms with E-state index in [2.05, 4.69) is 23.6 Å². The van der Waals surface area contributed by atoms with Crippen LogP contribution < -0.4 is 15.4 Å². The summed E-state index contributed by atoms with van der Waals surface area (Å²) in [4.78, 5) is 12.2. The summed E-state index contributed by atoms with van der Waals surface area (Å²) in [6.07, 6.45) is 2.14. The number of anilines is 2. The Morgan fingerprint density at radius 3 is 2.62 bits per heavy atom. The van der Waals surface area contributed by atoms with Crippen molar-refractivity contribution in [2.24, 2.45) is 0 Å². The molecule has 1 amide bonds. The highest BCUT2D eigenvalue weighted by molar-refractivity contribution is 5.96. The zero-order valence-corrected chi connectivity index (χ0v) is 15.0. The Hall–Kier alpha value is -3.01. The van der Waals surface area contributed by atoms with Crippen LogP contribution in [0.2, 0.25) is 0 Å². The highest BCUT2D eigenvalue weighted by Gasteiger charge is 2.04. The summed E-state index contributed by atoms with van der Waals surface area (Å²) in [5, 5.41) is 8.33. The van der Waals surface area contributed by atoms with Crippen LogP contribution in [0.1, 0.15) is 19.8 Å². The molecule has 0 heterocycles. The lowest BCUT2D eigenvalue weighted by atomic mass is 10.1. The standard InChI is InChI=1S/C22H24N2O2/c1-2-3-13-26-21-10-6-9-19(15-21)23-16-22(25)24-20-12-11-17-7-4-5-8-18(17)14-20/h4-12,14-15,23H,2-3,13,16H2,1H3,(H,24,25). The number of hydrogen-bond acceptors (Lipinski definition) is 3. The van der Waals surface area contributed by atoms with Gasteiger partial charge in [-0.3, -0.25) is 4.79 Å². The maximum atomic E-state index is 12.2. The molecule has 0 aliphatic carbocycles. The van der Waals surface area contributed by atoms with Crippen molar-refractivity contribution in [3.05, 3.63) is 66.7 Å². The van der Waals surface area contributed by atoms with Gasteiger partial charge in [0.15, 0.2) is 0 Å². The molecule has 0 fully saturated rings. The molecule has 0 spiro atoms. The minimum atomic E-state index is -0.0856. The summed E-state index contributed by atoms with van der Waals surface area (Å²) in [5.74, 6) is 0.732. The van der Waals surface area contributed by atoms with Crippen LogP contribution in [0.4, 0.5) is 11.4 Å². The highest BCUT2D eigenvalue weighted by Crippen LogP contribution is 2.19. The third kappa shape index (κ3) is 4.99. The average Bonchev–Trinajstić information content (AvgIpc) is 2.67. The van der Waals surface area contributed by atoms with Gasteiger partial charge in [-0.25, -0.2) is 0 Å². The number of carbonyl (C=O) groups is 1. The number of amides is 1. The summed E-state index contributed by atoms with van der Waals surface area (Å²) in [5.41, 5.74) is 1.67. The van der Waals surface area contributed by atoms with Crippen molar-refractivity contribution in [2.75, 3.05) is 23.8 Å². The smallest absolute Gasteiger partial charge is 0.243 e. The van der Waals surface area contributed by atoms with Crippen LogP contribution >= 0.6 is 0 Å². The lowest BCUT2D eigenvalue weighted by molar-refractivity contribution is -0.114. The van der Waals surface area contributed by atoms with E-state index in [0.29, 0.717) is 6.61 Å². The SMILES string of the molecule is CCCCOc1cccc(NCC(=O)Nc2ccc3ccccc3c2)c1. The Balaban J connectivity index is 1.54. The molecule has 26 heavy (non-hydrogen) atoms. The molecular formula is C22H24N2O2. The monoisotopic (exact) mass is 348 g/mol. The predicted molar refractivity (Wildman–Crippen MR) is 108 cm³/mol. The van der Waals surface area contributed by atoms with Crippen molar-refractivity contribution in [3.63, 3.8) is 0 Å². The van der Waals surface area contributed by atoms with Gasteiger partial charge in [-0.1, -0.05) is 49.7 Å². The Morgan fingerprint density at radius 1 is 0.923 bits per heavy atom. The molecule has 0 aliphatic rings. The van der Waals surface area contributed by atoms with E-state index >= 15 is 0 Å². The van der Waals surface area contributed by atoms with Crippen LogP contribution in [0.3, 0.4) is 0 Å². The van der Waals surface area contributed by atoms with Gasteiger partial charge in [0.05, 0.1) is 13.2 Å². The summed E-state index contributed by atoms with van der Waals surface area (Å²) < 4.78 is 5.69. The Bertz CT molecular complexity index is 877. The molecule has 0 bridgehead atoms. The number of benzene rings is 3. The minimum absolute atomic E-state index is 0.0856. The van der Waals surface area contributed by atoms with Gasteiger partial charge in [-0.15, -0.1) is 0 Å². The second-order valence-corrected chi connectivity index (χ2v) is 6.19. The van der Waals surface area contributed by atoms with Gasteiger partial charge in [-0.2, -0.15) is 0 Å². The zero-order chi connectivity index (χ0) is 18.2. The topological polar surface area (TPSA) is 50.4 Å². The number of hydrogen-bond donors (Lipinski definition) is 2. The fourth-order valence-electron chi connectivity index (χ4n) is 2.68. The lowest BCUT2D eigenvalue weighted by Gasteiger charge is -2.10. The first-order valence-corrected chi connectivity index (χ1v) is 9.00. The third-order valence-corrected chi connectivity index (χ3v) is 4.09. The number of carbonyl (C=O) groups excluding carboxylic acids is 1. The zero-order valence-electron chi connectivity index (χ0n) is 15.0. The molecule has 3 aromatic rings. The van der Waals surface area contributed by atoms with Crippen LogP contribution in [0, 0.1) is 0 Å². The van der Waals surface area contributed by atoms with Crippen molar-refractivity contribution in [1.82, 2.24) is 0 Å². The maximum Gasteiger partial charge on any atom is 0.243 e. The van der Waals surface area contributed by atoms with E-state index in [0.717, 1.165) is 40.7 Å². The normalized spacial score (nSPS) is 10.5. The van der Waals surface area contributed by atoms with E-state index in [1.807, 2.05) is 60.7 Å². The number of unbranched alkanes of at least 4 members (excludes halogenated alkanes) is 1. The van der Waals surface area contributed by atoms with Crippen LogP contribution in [0.25, 0.3) is 10.8 Å². The van der Waals surface area contributed by atoms with Crippen molar-refractivity contribution in [3.8, 4) is 5.75 Å². The van der Waals surface area contributed by atoms with Crippen molar-refractivity contribution in [1.29, 1.82) is 0 Å². The van der Waals surface area contributed by atoms with Gasteiger partial charge in [0, 0.05) is 17.4 Å². The molecule has 4 heteroatoms. The van der Waals surface area contributed by atoms with Gasteiger partial charge >= 0.3 is 0 Å². The van der Waals surface area contributed by atoms with Crippen molar-refractivity contribution < 1.29 is 9.53 Å². The van der Waals surface area contributed by atoms with Crippen LogP contribution in [-0.2, 0) is 4.79 Å². The van der Waals surface area contributed by atoms with E-state index in [4.69, 9.17) is 4.74 Å². The predicted octanol–water partition coefficient (Wildman–Crippen LogP) is 5.07. The highest BCUT2D eigenvalue weighted by atomic mass is 16.5. The summed E-state index contributed by atoms with van der Waals surface area (Å²) in [7, 11) is 0. The first-order chi connectivity index (χ1) is 12.7. The summed E-state index contributed by atoms with van der Waals surface area (Å²) in [6, 6.07) is 21.7. The Labute approximate surface area is 154 Å². The minimum Gasteiger partial charge on any atom is -0.494 e. The average molecular weight is 348 g/mol. The number of nitrogens with one attached hydrogen (secondary N) is 2. The van der Waals surface area contributed by atoms with Gasteiger partial charge in [0.1, 0.15) is 5.75 Å². The fraction of sp³-hybridized carbons (Fsp3) is 0.227. The van der Waals surface area contributed by atoms with Gasteiger partial charge in [0.25, 0.3) is 0 Å². The van der Waals surface area contributed by atoms with Crippen molar-refractivity contribution >= 4 is 28.1 Å². The van der Waals surface area contributed by atoms with Gasteiger partial charge < -0.3 is 15.4 Å². The van der Waals surface area contributed by atoms with E-state index in [1.165, 1.54) is 0 Å². The number of ether oxygens (including phenoxy) is 1. The quantitative estimate of drug-likeness (QED) is 0.559. The number of rotatable bonds is 8. The van der Waals surface area contributed by atoms with E-state index < -0.39 is 0 Å². The lowest BCUT2D eigenvalue weighted by Crippen LogP contribution is -2.21. The molecule has 0 unspecified atom stereocenters. The molecule has 4 nitrogen and oxygen atoms in total.